The molecule has 0 spiro atoms. The molecule has 1 N–H and O–H groups in total. The van der Waals surface area contributed by atoms with Gasteiger partial charge in [0.2, 0.25) is 0 Å². The molecule has 0 unspecified atom stereocenters. The first-order valence-electron chi connectivity index (χ1n) is 5.65. The van der Waals surface area contributed by atoms with Crippen LogP contribution < -0.4 is 5.32 Å². The lowest BCUT2D eigenvalue weighted by Gasteiger charge is -2.07. The summed E-state index contributed by atoms with van der Waals surface area (Å²) in [5.41, 5.74) is -0.367. The van der Waals surface area contributed by atoms with Gasteiger partial charge in [0.25, 0.3) is 5.69 Å². The Morgan fingerprint density at radius 3 is 2.14 bits per heavy atom. The summed E-state index contributed by atoms with van der Waals surface area (Å²) in [4.78, 5) is 30.9. The molecule has 0 bridgehead atoms. The first kappa shape index (κ1) is 14.1. The predicted octanol–water partition coefficient (Wildman–Crippen LogP) is 3.64. The molecule has 9 heteroatoms. The number of rotatable bonds is 5. The zero-order valence-corrected chi connectivity index (χ0v) is 10.4. The van der Waals surface area contributed by atoms with Gasteiger partial charge < -0.3 is 5.32 Å². The smallest absolute Gasteiger partial charge is 0.321 e. The fourth-order valence-electron chi connectivity index (χ4n) is 1.72. The average Bonchev–Trinajstić information content (AvgIpc) is 2.47. The van der Waals surface area contributed by atoms with Gasteiger partial charge in [-0.2, -0.15) is 0 Å². The van der Waals surface area contributed by atoms with Crippen molar-refractivity contribution in [2.24, 2.45) is 5.18 Å². The van der Waals surface area contributed by atoms with Gasteiger partial charge in [-0.15, -0.1) is 4.91 Å². The molecule has 2 rings (SSSR count). The maximum absolute atomic E-state index is 11.0. The molecular weight excluding hydrogens is 280 g/mol. The van der Waals surface area contributed by atoms with Crippen LogP contribution in [-0.2, 0) is 0 Å². The van der Waals surface area contributed by atoms with E-state index < -0.39 is 15.5 Å². The van der Waals surface area contributed by atoms with Crippen molar-refractivity contribution >= 4 is 28.4 Å². The van der Waals surface area contributed by atoms with E-state index in [1.165, 1.54) is 42.5 Å². The van der Waals surface area contributed by atoms with E-state index in [0.717, 1.165) is 0 Å². The van der Waals surface area contributed by atoms with Crippen LogP contribution in [0.4, 0.5) is 28.4 Å². The Hall–Kier alpha value is -3.36. The molecule has 0 aliphatic carbocycles. The van der Waals surface area contributed by atoms with Crippen molar-refractivity contribution in [3.05, 3.63) is 67.6 Å². The average molecular weight is 288 g/mol. The number of benzene rings is 2. The largest absolute Gasteiger partial charge is 0.350 e. The second-order valence-electron chi connectivity index (χ2n) is 3.95. The van der Waals surface area contributed by atoms with Crippen molar-refractivity contribution in [2.45, 2.75) is 0 Å². The number of nitro groups is 2. The second-order valence-corrected chi connectivity index (χ2v) is 3.95. The van der Waals surface area contributed by atoms with Gasteiger partial charge in [0.1, 0.15) is 5.69 Å². The zero-order valence-electron chi connectivity index (χ0n) is 10.4. The number of non-ortho nitro benzene ring substituents is 1. The number of nitrogens with one attached hydrogen (secondary N) is 1. The Kier molecular flexibility index (Phi) is 3.84. The van der Waals surface area contributed by atoms with E-state index in [2.05, 4.69) is 10.5 Å². The normalized spacial score (nSPS) is 9.90. The van der Waals surface area contributed by atoms with Gasteiger partial charge in [0, 0.05) is 17.8 Å². The van der Waals surface area contributed by atoms with Crippen molar-refractivity contribution in [1.29, 1.82) is 0 Å². The van der Waals surface area contributed by atoms with E-state index in [9.17, 15) is 25.1 Å². The molecule has 0 amide bonds. The first-order chi connectivity index (χ1) is 10.0. The van der Waals surface area contributed by atoms with Crippen LogP contribution in [0.25, 0.3) is 0 Å². The van der Waals surface area contributed by atoms with Gasteiger partial charge in [-0.25, -0.2) is 0 Å². The van der Waals surface area contributed by atoms with Crippen LogP contribution in [0.5, 0.6) is 0 Å². The van der Waals surface area contributed by atoms with Crippen molar-refractivity contribution in [2.75, 3.05) is 5.32 Å². The van der Waals surface area contributed by atoms with Crippen LogP contribution in [0, 0.1) is 25.1 Å². The third-order valence-electron chi connectivity index (χ3n) is 2.65. The Bertz CT molecular complexity index is 714. The molecule has 9 nitrogen and oxygen atoms in total. The Labute approximate surface area is 117 Å². The summed E-state index contributed by atoms with van der Waals surface area (Å²) in [6, 6.07) is 9.41. The fraction of sp³-hybridized carbons (Fsp3) is 0. The molecule has 106 valence electrons. The molecule has 2 aromatic rings. The number of hydrogen-bond acceptors (Lipinski definition) is 7. The standard InChI is InChI=1S/C12H8N4O5/c17-14-11-3-1-2-10(12(11)16(20)21)13-8-4-6-9(7-5-8)15(18)19/h1-7,13H. The number of anilines is 2. The van der Waals surface area contributed by atoms with E-state index in [-0.39, 0.29) is 17.1 Å². The summed E-state index contributed by atoms with van der Waals surface area (Å²) >= 11 is 0. The molecular formula is C12H8N4O5. The van der Waals surface area contributed by atoms with Gasteiger partial charge >= 0.3 is 5.69 Å². The maximum Gasteiger partial charge on any atom is 0.321 e. The summed E-state index contributed by atoms with van der Waals surface area (Å²) in [5, 5.41) is 26.9. The monoisotopic (exact) mass is 288 g/mol. The lowest BCUT2D eigenvalue weighted by molar-refractivity contribution is -0.384. The van der Waals surface area contributed by atoms with E-state index in [1.54, 1.807) is 0 Å². The van der Waals surface area contributed by atoms with E-state index in [4.69, 9.17) is 0 Å². The van der Waals surface area contributed by atoms with Crippen molar-refractivity contribution in [1.82, 2.24) is 0 Å². The molecule has 0 atom stereocenters. The molecule has 0 fully saturated rings. The van der Waals surface area contributed by atoms with Crippen LogP contribution in [0.15, 0.2) is 47.6 Å². The highest BCUT2D eigenvalue weighted by atomic mass is 16.6. The van der Waals surface area contributed by atoms with Gasteiger partial charge in [-0.05, 0) is 29.4 Å². The summed E-state index contributed by atoms with van der Waals surface area (Å²) in [6.45, 7) is 0. The third-order valence-corrected chi connectivity index (χ3v) is 2.65. The molecule has 0 heterocycles. The first-order valence-corrected chi connectivity index (χ1v) is 5.65. The lowest BCUT2D eigenvalue weighted by atomic mass is 10.2. The predicted molar refractivity (Wildman–Crippen MR) is 74.9 cm³/mol. The van der Waals surface area contributed by atoms with E-state index in [0.29, 0.717) is 5.69 Å². The van der Waals surface area contributed by atoms with Crippen LogP contribution in [0.2, 0.25) is 0 Å². The Morgan fingerprint density at radius 2 is 1.62 bits per heavy atom. The minimum Gasteiger partial charge on any atom is -0.350 e. The van der Waals surface area contributed by atoms with Crippen molar-refractivity contribution < 1.29 is 9.85 Å². The summed E-state index contributed by atoms with van der Waals surface area (Å²) in [7, 11) is 0. The molecule has 0 saturated heterocycles. The number of para-hydroxylation sites is 1. The summed E-state index contributed by atoms with van der Waals surface area (Å²) < 4.78 is 0. The zero-order chi connectivity index (χ0) is 15.4. The molecule has 0 aliphatic rings. The van der Waals surface area contributed by atoms with Crippen LogP contribution in [-0.4, -0.2) is 9.85 Å². The van der Waals surface area contributed by atoms with Crippen molar-refractivity contribution in [3.63, 3.8) is 0 Å². The van der Waals surface area contributed by atoms with Crippen LogP contribution >= 0.6 is 0 Å². The minimum absolute atomic E-state index is 0.0750. The Morgan fingerprint density at radius 1 is 0.952 bits per heavy atom. The molecule has 2 aromatic carbocycles. The highest BCUT2D eigenvalue weighted by Gasteiger charge is 2.20. The molecule has 0 aliphatic heterocycles. The molecule has 0 radical (unpaired) electrons. The van der Waals surface area contributed by atoms with Gasteiger partial charge in [0.15, 0.2) is 5.69 Å². The fourth-order valence-corrected chi connectivity index (χ4v) is 1.72. The Balaban J connectivity index is 2.37. The van der Waals surface area contributed by atoms with Crippen LogP contribution in [0.3, 0.4) is 0 Å². The number of hydrogen-bond donors (Lipinski definition) is 1. The number of nitro benzene ring substituents is 2. The van der Waals surface area contributed by atoms with Gasteiger partial charge in [-0.1, -0.05) is 6.07 Å². The SMILES string of the molecule is O=Nc1cccc(Nc2ccc([N+](=O)[O-])cc2)c1[N+](=O)[O-]. The summed E-state index contributed by atoms with van der Waals surface area (Å²) in [5.74, 6) is 0. The molecule has 0 aromatic heterocycles. The minimum atomic E-state index is -0.718. The quantitative estimate of drug-likeness (QED) is 0.508. The number of nitroso groups, excluding NO2 is 1. The highest BCUT2D eigenvalue weighted by molar-refractivity contribution is 5.78. The van der Waals surface area contributed by atoms with E-state index >= 15 is 0 Å². The number of nitrogens with zero attached hydrogens (tertiary/aromatic N) is 3. The van der Waals surface area contributed by atoms with Gasteiger partial charge in [0.05, 0.1) is 9.85 Å². The molecule has 21 heavy (non-hydrogen) atoms. The second kappa shape index (κ2) is 5.74. The van der Waals surface area contributed by atoms with Crippen molar-refractivity contribution in [3.8, 4) is 0 Å². The third kappa shape index (κ3) is 2.97. The van der Waals surface area contributed by atoms with Gasteiger partial charge in [-0.3, -0.25) is 20.2 Å². The topological polar surface area (TPSA) is 128 Å². The van der Waals surface area contributed by atoms with Crippen LogP contribution in [0.1, 0.15) is 0 Å². The summed E-state index contributed by atoms with van der Waals surface area (Å²) in [6.07, 6.45) is 0. The maximum atomic E-state index is 11.0. The van der Waals surface area contributed by atoms with E-state index in [1.807, 2.05) is 0 Å². The lowest BCUT2D eigenvalue weighted by Crippen LogP contribution is -1.97. The molecule has 0 saturated carbocycles. The highest BCUT2D eigenvalue weighted by Crippen LogP contribution is 2.36.